The van der Waals surface area contributed by atoms with Crippen LogP contribution in [0.4, 0.5) is 9.59 Å². The Bertz CT molecular complexity index is 2480. The van der Waals surface area contributed by atoms with Crippen LogP contribution in [0.3, 0.4) is 0 Å². The minimum Gasteiger partial charge on any atom is -0.488 e. The number of alkyl carbamates (subject to hydrolysis) is 1. The molecule has 16 heteroatoms. The lowest BCUT2D eigenvalue weighted by Crippen LogP contribution is -2.54. The van der Waals surface area contributed by atoms with Crippen LogP contribution >= 0.6 is 0 Å². The highest BCUT2D eigenvalue weighted by Gasteiger charge is 2.42. The lowest BCUT2D eigenvalue weighted by Gasteiger charge is -2.32. The number of aromatic amines is 2. The summed E-state index contributed by atoms with van der Waals surface area (Å²) in [5.41, 5.74) is 6.42. The lowest BCUT2D eigenvalue weighted by molar-refractivity contribution is -0.138. The van der Waals surface area contributed by atoms with Crippen LogP contribution in [-0.4, -0.2) is 104 Å². The quantitative estimate of drug-likeness (QED) is 0.101. The summed E-state index contributed by atoms with van der Waals surface area (Å²) in [6.07, 6.45) is 1.49. The summed E-state index contributed by atoms with van der Waals surface area (Å²) in [7, 11) is 2.76. The molecule has 2 saturated heterocycles. The Hall–Kier alpha value is -6.16. The van der Waals surface area contributed by atoms with Crippen molar-refractivity contribution in [3.8, 4) is 28.1 Å². The number of benzene rings is 3. The van der Waals surface area contributed by atoms with Crippen LogP contribution < -0.4 is 15.4 Å². The Morgan fingerprint density at radius 1 is 0.917 bits per heavy atom. The Balaban J connectivity index is 1.05. The van der Waals surface area contributed by atoms with Gasteiger partial charge in [0.05, 0.1) is 48.2 Å². The first-order chi connectivity index (χ1) is 28.8. The summed E-state index contributed by atoms with van der Waals surface area (Å²) < 4.78 is 16.6. The molecule has 5 N–H and O–H groups in total. The molecule has 60 heavy (non-hydrogen) atoms. The summed E-state index contributed by atoms with van der Waals surface area (Å²) in [6, 6.07) is 12.0. The Morgan fingerprint density at radius 3 is 2.45 bits per heavy atom. The van der Waals surface area contributed by atoms with Gasteiger partial charge in [-0.05, 0) is 91.3 Å². The molecule has 5 aromatic rings. The van der Waals surface area contributed by atoms with E-state index in [9.17, 15) is 24.3 Å². The number of carboxylic acid groups (broad SMARTS) is 1. The van der Waals surface area contributed by atoms with Crippen molar-refractivity contribution in [1.82, 2.24) is 40.4 Å². The van der Waals surface area contributed by atoms with Gasteiger partial charge in [0.15, 0.2) is 0 Å². The number of carbonyl (C=O) groups excluding carboxylic acids is 3. The number of nitrogens with one attached hydrogen (secondary N) is 4. The van der Waals surface area contributed by atoms with E-state index in [-0.39, 0.29) is 41.8 Å². The molecule has 3 aliphatic heterocycles. The van der Waals surface area contributed by atoms with E-state index in [0.717, 1.165) is 61.9 Å². The fraction of sp³-hybridized carbons (Fsp3) is 0.455. The van der Waals surface area contributed by atoms with Crippen molar-refractivity contribution in [3.05, 3.63) is 65.9 Å². The molecular formula is C44H52N8O8. The number of carbonyl (C=O) groups is 4. The first-order valence-electron chi connectivity index (χ1n) is 20.5. The molecule has 316 valence electrons. The second-order valence-electron chi connectivity index (χ2n) is 16.8. The number of fused-ring (bicyclic) bond motifs is 6. The molecule has 0 bridgehead atoms. The molecule has 0 saturated carbocycles. The maximum atomic E-state index is 13.9. The number of amides is 4. The molecule has 2 fully saturated rings. The fourth-order valence-corrected chi connectivity index (χ4v) is 9.15. The highest BCUT2D eigenvalue weighted by atomic mass is 16.5. The second-order valence-corrected chi connectivity index (χ2v) is 16.8. The average molecular weight is 821 g/mol. The number of rotatable bonds is 10. The number of nitrogens with zero attached hydrogens (tertiary/aromatic N) is 4. The van der Waals surface area contributed by atoms with Gasteiger partial charge in [0.2, 0.25) is 11.8 Å². The van der Waals surface area contributed by atoms with Crippen molar-refractivity contribution in [2.75, 3.05) is 20.8 Å². The van der Waals surface area contributed by atoms with Crippen LogP contribution in [0, 0.1) is 11.8 Å². The maximum Gasteiger partial charge on any atom is 0.407 e. The predicted molar refractivity (Wildman–Crippen MR) is 223 cm³/mol. The molecule has 0 radical (unpaired) electrons. The standard InChI is InChI=1S/C44H52N8O8/c1-21(2)36(49-43(55)56)42(54)52-23(4)8-13-33(52)40-46-31-12-10-25-16-30-28-11-9-26(15-27(28)20-60-35(30)17-29(25)38(31)48-40)32-18-45-39(47-32)34-14-22(3)19-51(34)41(53)37(24(5)58-6)50-44(57)59-7/h9-12,15-18,21-24,33-34,36-37,49H,8,13-14,19-20H2,1-7H3,(H,45,47)(H,46,48)(H,50,57)(H,55,56)/t22-,23-,24-,33-,34-,36-,37-/m0/s1. The van der Waals surface area contributed by atoms with E-state index in [4.69, 9.17) is 24.2 Å². The zero-order chi connectivity index (χ0) is 42.6. The van der Waals surface area contributed by atoms with E-state index in [1.165, 1.54) is 14.2 Å². The molecule has 7 atom stereocenters. The van der Waals surface area contributed by atoms with Crippen molar-refractivity contribution >= 4 is 45.8 Å². The van der Waals surface area contributed by atoms with Gasteiger partial charge < -0.3 is 49.7 Å². The smallest absolute Gasteiger partial charge is 0.407 e. The first kappa shape index (κ1) is 40.6. The molecule has 0 aliphatic carbocycles. The number of H-pyrrole nitrogens is 2. The average Bonchev–Trinajstić information content (AvgIpc) is 4.05. The van der Waals surface area contributed by atoms with E-state index in [2.05, 4.69) is 51.8 Å². The van der Waals surface area contributed by atoms with E-state index >= 15 is 0 Å². The number of likely N-dealkylation sites (tertiary alicyclic amines) is 2. The van der Waals surface area contributed by atoms with Crippen molar-refractivity contribution in [3.63, 3.8) is 0 Å². The van der Waals surface area contributed by atoms with Gasteiger partial charge >= 0.3 is 12.2 Å². The summed E-state index contributed by atoms with van der Waals surface area (Å²) in [5.74, 6) is 1.59. The van der Waals surface area contributed by atoms with Gasteiger partial charge in [-0.15, -0.1) is 0 Å². The van der Waals surface area contributed by atoms with Crippen molar-refractivity contribution in [1.29, 1.82) is 0 Å². The maximum absolute atomic E-state index is 13.9. The number of hydrogen-bond donors (Lipinski definition) is 5. The van der Waals surface area contributed by atoms with Gasteiger partial charge in [-0.25, -0.2) is 19.6 Å². The van der Waals surface area contributed by atoms with Crippen LogP contribution in [0.5, 0.6) is 5.75 Å². The molecule has 3 aliphatic rings. The largest absolute Gasteiger partial charge is 0.488 e. The minimum absolute atomic E-state index is 0.0701. The van der Waals surface area contributed by atoms with Crippen LogP contribution in [0.1, 0.15) is 83.2 Å². The Kier molecular flexibility index (Phi) is 10.9. The van der Waals surface area contributed by atoms with E-state index in [0.29, 0.717) is 37.6 Å². The van der Waals surface area contributed by atoms with E-state index < -0.39 is 30.4 Å². The van der Waals surface area contributed by atoms with Gasteiger partial charge in [-0.1, -0.05) is 39.0 Å². The molecule has 8 rings (SSSR count). The Labute approximate surface area is 347 Å². The van der Waals surface area contributed by atoms with Gasteiger partial charge in [0.25, 0.3) is 0 Å². The van der Waals surface area contributed by atoms with Crippen LogP contribution in [0.2, 0.25) is 0 Å². The zero-order valence-electron chi connectivity index (χ0n) is 34.9. The third-order valence-electron chi connectivity index (χ3n) is 12.4. The topological polar surface area (TPSA) is 204 Å². The normalized spacial score (nSPS) is 21.3. The number of hydrogen-bond acceptors (Lipinski definition) is 9. The van der Waals surface area contributed by atoms with Crippen LogP contribution in [0.25, 0.3) is 44.2 Å². The van der Waals surface area contributed by atoms with E-state index in [1.54, 1.807) is 22.9 Å². The molecule has 4 amide bonds. The number of methoxy groups -OCH3 is 2. The molecule has 5 heterocycles. The second kappa shape index (κ2) is 16.1. The molecule has 2 aromatic heterocycles. The summed E-state index contributed by atoms with van der Waals surface area (Å²) >= 11 is 0. The van der Waals surface area contributed by atoms with Gasteiger partial charge in [-0.2, -0.15) is 0 Å². The first-order valence-corrected chi connectivity index (χ1v) is 20.5. The van der Waals surface area contributed by atoms with Gasteiger partial charge in [-0.3, -0.25) is 9.59 Å². The highest BCUT2D eigenvalue weighted by molar-refractivity contribution is 6.07. The van der Waals surface area contributed by atoms with Gasteiger partial charge in [0, 0.05) is 30.6 Å². The number of aromatic nitrogens is 4. The third-order valence-corrected chi connectivity index (χ3v) is 12.4. The molecule has 0 spiro atoms. The fourth-order valence-electron chi connectivity index (χ4n) is 9.15. The summed E-state index contributed by atoms with van der Waals surface area (Å²) in [4.78, 5) is 71.6. The van der Waals surface area contributed by atoms with E-state index in [1.807, 2.05) is 39.0 Å². The SMILES string of the molecule is COC(=O)N[C@H](C(=O)N1C[C@@H](C)C[C@H]1c1ncc(-c2ccc3c(c2)COc2cc4c(ccc5nc([C@@H]6CC[C@H](C)N6C(=O)[C@@H](NC(=O)O)C(C)C)[nH]c54)cc2-3)[nH]1)[C@H](C)OC. The molecule has 16 nitrogen and oxygen atoms in total. The number of ether oxygens (including phenoxy) is 3. The van der Waals surface area contributed by atoms with Crippen LogP contribution in [-0.2, 0) is 25.7 Å². The highest BCUT2D eigenvalue weighted by Crippen LogP contribution is 2.44. The van der Waals surface area contributed by atoms with Crippen molar-refractivity contribution in [2.24, 2.45) is 11.8 Å². The zero-order valence-corrected chi connectivity index (χ0v) is 34.9. The molecular weight excluding hydrogens is 769 g/mol. The van der Waals surface area contributed by atoms with Gasteiger partial charge in [0.1, 0.15) is 36.1 Å². The Morgan fingerprint density at radius 2 is 1.72 bits per heavy atom. The molecule has 3 aromatic carbocycles. The van der Waals surface area contributed by atoms with Crippen molar-refractivity contribution < 1.29 is 38.5 Å². The van der Waals surface area contributed by atoms with Crippen molar-refractivity contribution in [2.45, 2.75) is 96.8 Å². The summed E-state index contributed by atoms with van der Waals surface area (Å²) in [6.45, 7) is 10.4. The van der Waals surface area contributed by atoms with Crippen LogP contribution in [0.15, 0.2) is 48.7 Å². The monoisotopic (exact) mass is 820 g/mol. The predicted octanol–water partition coefficient (Wildman–Crippen LogP) is 6.68. The summed E-state index contributed by atoms with van der Waals surface area (Å²) in [5, 5.41) is 16.5. The lowest BCUT2D eigenvalue weighted by atomic mass is 9.92. The third kappa shape index (κ3) is 7.37. The molecule has 0 unspecified atom stereocenters. The minimum atomic E-state index is -1.22. The number of imidazole rings is 2.